The van der Waals surface area contributed by atoms with Gasteiger partial charge in [0.1, 0.15) is 5.82 Å². The maximum Gasteiger partial charge on any atom is 0.126 e. The number of nitrogens with two attached hydrogens (primary N) is 1. The number of aryl methyl sites for hydroxylation is 1. The van der Waals surface area contributed by atoms with E-state index in [9.17, 15) is 4.39 Å². The highest BCUT2D eigenvalue weighted by molar-refractivity contribution is 5.24. The summed E-state index contributed by atoms with van der Waals surface area (Å²) in [5, 5.41) is 0. The highest BCUT2D eigenvalue weighted by atomic mass is 19.1. The van der Waals surface area contributed by atoms with Gasteiger partial charge in [-0.05, 0) is 37.6 Å². The lowest BCUT2D eigenvalue weighted by atomic mass is 10.1. The van der Waals surface area contributed by atoms with E-state index in [4.69, 9.17) is 5.84 Å². The van der Waals surface area contributed by atoms with Gasteiger partial charge in [0.25, 0.3) is 0 Å². The molecule has 0 fully saturated rings. The van der Waals surface area contributed by atoms with Crippen LogP contribution in [0.4, 0.5) is 4.39 Å². The molecule has 0 unspecified atom stereocenters. The minimum Gasteiger partial charge on any atom is -0.292 e. The number of hydrogen-bond donors (Lipinski definition) is 2. The van der Waals surface area contributed by atoms with Gasteiger partial charge in [0.15, 0.2) is 0 Å². The molecular weight excluding hydrogens is 193 g/mol. The van der Waals surface area contributed by atoms with Crippen LogP contribution in [0.1, 0.15) is 11.1 Å². The fraction of sp³-hybridized carbons (Fsp3) is 0.455. The molecule has 0 saturated heterocycles. The van der Waals surface area contributed by atoms with E-state index in [1.54, 1.807) is 6.92 Å². The van der Waals surface area contributed by atoms with Crippen molar-refractivity contribution in [3.05, 3.63) is 35.1 Å². The molecule has 4 heteroatoms. The van der Waals surface area contributed by atoms with Crippen molar-refractivity contribution in [2.75, 3.05) is 20.3 Å². The molecule has 0 heterocycles. The summed E-state index contributed by atoms with van der Waals surface area (Å²) in [7, 11) is 1.98. The molecule has 1 aromatic carbocycles. The highest BCUT2D eigenvalue weighted by Gasteiger charge is 2.01. The Hall–Kier alpha value is -0.970. The van der Waals surface area contributed by atoms with Crippen molar-refractivity contribution in [2.45, 2.75) is 13.3 Å². The van der Waals surface area contributed by atoms with Gasteiger partial charge in [-0.25, -0.2) is 9.82 Å². The Bertz CT molecular complexity index is 315. The normalized spacial score (nSPS) is 11.0. The molecular formula is C11H18FN3. The second-order valence-corrected chi connectivity index (χ2v) is 3.78. The Morgan fingerprint density at radius 3 is 2.80 bits per heavy atom. The summed E-state index contributed by atoms with van der Waals surface area (Å²) in [5.74, 6) is 5.06. The Labute approximate surface area is 90.0 Å². The molecule has 0 radical (unpaired) electrons. The van der Waals surface area contributed by atoms with E-state index in [0.717, 1.165) is 18.5 Å². The molecule has 84 valence electrons. The van der Waals surface area contributed by atoms with Crippen LogP contribution in [0.25, 0.3) is 0 Å². The molecule has 1 aromatic rings. The number of nitrogens with one attached hydrogen (secondary N) is 1. The molecule has 3 nitrogen and oxygen atoms in total. The SMILES string of the molecule is Cc1cc(CCN(C)CNN)ccc1F. The number of halogens is 1. The van der Waals surface area contributed by atoms with Crippen molar-refractivity contribution in [3.63, 3.8) is 0 Å². The van der Waals surface area contributed by atoms with E-state index in [-0.39, 0.29) is 5.82 Å². The third kappa shape index (κ3) is 3.95. The Morgan fingerprint density at radius 2 is 2.20 bits per heavy atom. The minimum atomic E-state index is -0.143. The summed E-state index contributed by atoms with van der Waals surface area (Å²) in [6.45, 7) is 3.33. The van der Waals surface area contributed by atoms with Crippen molar-refractivity contribution >= 4 is 0 Å². The zero-order valence-electron chi connectivity index (χ0n) is 9.26. The zero-order valence-corrected chi connectivity index (χ0v) is 9.26. The zero-order chi connectivity index (χ0) is 11.3. The van der Waals surface area contributed by atoms with Crippen LogP contribution in [0.5, 0.6) is 0 Å². The topological polar surface area (TPSA) is 41.3 Å². The first-order valence-corrected chi connectivity index (χ1v) is 5.00. The van der Waals surface area contributed by atoms with Crippen LogP contribution in [0.3, 0.4) is 0 Å². The summed E-state index contributed by atoms with van der Waals surface area (Å²) >= 11 is 0. The summed E-state index contributed by atoms with van der Waals surface area (Å²) in [4.78, 5) is 2.07. The largest absolute Gasteiger partial charge is 0.292 e. The molecule has 0 aromatic heterocycles. The highest BCUT2D eigenvalue weighted by Crippen LogP contribution is 2.09. The quantitative estimate of drug-likeness (QED) is 0.434. The fourth-order valence-electron chi connectivity index (χ4n) is 1.42. The molecule has 0 aliphatic carbocycles. The van der Waals surface area contributed by atoms with Crippen LogP contribution >= 0.6 is 0 Å². The van der Waals surface area contributed by atoms with Gasteiger partial charge in [0.2, 0.25) is 0 Å². The monoisotopic (exact) mass is 211 g/mol. The lowest BCUT2D eigenvalue weighted by Gasteiger charge is -2.15. The van der Waals surface area contributed by atoms with Crippen LogP contribution < -0.4 is 11.3 Å². The number of benzene rings is 1. The van der Waals surface area contributed by atoms with E-state index in [1.807, 2.05) is 19.2 Å². The van der Waals surface area contributed by atoms with E-state index >= 15 is 0 Å². The van der Waals surface area contributed by atoms with Crippen molar-refractivity contribution in [3.8, 4) is 0 Å². The molecule has 0 bridgehead atoms. The third-order valence-corrected chi connectivity index (χ3v) is 2.37. The van der Waals surface area contributed by atoms with Crippen molar-refractivity contribution in [2.24, 2.45) is 5.84 Å². The summed E-state index contributed by atoms with van der Waals surface area (Å²) in [6.07, 6.45) is 0.902. The van der Waals surface area contributed by atoms with Gasteiger partial charge in [-0.3, -0.25) is 10.7 Å². The summed E-state index contributed by atoms with van der Waals surface area (Å²) < 4.78 is 13.0. The summed E-state index contributed by atoms with van der Waals surface area (Å²) in [6, 6.07) is 5.23. The van der Waals surface area contributed by atoms with E-state index in [1.165, 1.54) is 6.07 Å². The Balaban J connectivity index is 2.47. The maximum absolute atomic E-state index is 13.0. The third-order valence-electron chi connectivity index (χ3n) is 2.37. The van der Waals surface area contributed by atoms with Crippen molar-refractivity contribution in [1.29, 1.82) is 0 Å². The lowest BCUT2D eigenvalue weighted by Crippen LogP contribution is -2.36. The first-order chi connectivity index (χ1) is 7.13. The van der Waals surface area contributed by atoms with Gasteiger partial charge < -0.3 is 0 Å². The second-order valence-electron chi connectivity index (χ2n) is 3.78. The average molecular weight is 211 g/mol. The predicted molar refractivity (Wildman–Crippen MR) is 59.7 cm³/mol. The van der Waals surface area contributed by atoms with Crippen LogP contribution in [0.15, 0.2) is 18.2 Å². The second kappa shape index (κ2) is 5.80. The average Bonchev–Trinajstić information content (AvgIpc) is 2.20. The first-order valence-electron chi connectivity index (χ1n) is 5.00. The van der Waals surface area contributed by atoms with Crippen molar-refractivity contribution in [1.82, 2.24) is 10.3 Å². The minimum absolute atomic E-state index is 0.143. The molecule has 3 N–H and O–H groups in total. The lowest BCUT2D eigenvalue weighted by molar-refractivity contribution is 0.312. The fourth-order valence-corrected chi connectivity index (χ4v) is 1.42. The van der Waals surface area contributed by atoms with E-state index in [2.05, 4.69) is 10.3 Å². The van der Waals surface area contributed by atoms with Crippen LogP contribution in [-0.2, 0) is 6.42 Å². The number of likely N-dealkylation sites (N-methyl/N-ethyl adjacent to an activating group) is 1. The predicted octanol–water partition coefficient (Wildman–Crippen LogP) is 1.03. The molecule has 0 atom stereocenters. The molecule has 1 rings (SSSR count). The van der Waals surface area contributed by atoms with Crippen LogP contribution in [0.2, 0.25) is 0 Å². The van der Waals surface area contributed by atoms with Gasteiger partial charge in [-0.2, -0.15) is 0 Å². The van der Waals surface area contributed by atoms with Crippen LogP contribution in [-0.4, -0.2) is 25.2 Å². The van der Waals surface area contributed by atoms with E-state index in [0.29, 0.717) is 12.2 Å². The van der Waals surface area contributed by atoms with Gasteiger partial charge in [-0.1, -0.05) is 12.1 Å². The van der Waals surface area contributed by atoms with Gasteiger partial charge in [-0.15, -0.1) is 0 Å². The molecule has 0 aliphatic rings. The van der Waals surface area contributed by atoms with Gasteiger partial charge in [0.05, 0.1) is 6.67 Å². The summed E-state index contributed by atoms with van der Waals surface area (Å²) in [5.41, 5.74) is 4.44. The number of hydrogen-bond acceptors (Lipinski definition) is 3. The standard InChI is InChI=1S/C11H18FN3/c1-9-7-10(3-4-11(9)12)5-6-15(2)8-14-13/h3-4,7,14H,5-6,8,13H2,1-2H3. The first kappa shape index (κ1) is 12.1. The van der Waals surface area contributed by atoms with E-state index < -0.39 is 0 Å². The molecule has 0 saturated carbocycles. The molecule has 0 amide bonds. The van der Waals surface area contributed by atoms with Crippen LogP contribution in [0, 0.1) is 12.7 Å². The number of nitrogens with zero attached hydrogens (tertiary/aromatic N) is 1. The van der Waals surface area contributed by atoms with Gasteiger partial charge >= 0.3 is 0 Å². The number of hydrazine groups is 1. The molecule has 0 spiro atoms. The molecule has 15 heavy (non-hydrogen) atoms. The molecule has 0 aliphatic heterocycles. The smallest absolute Gasteiger partial charge is 0.126 e. The van der Waals surface area contributed by atoms with Crippen molar-refractivity contribution < 1.29 is 4.39 Å². The number of rotatable bonds is 5. The van der Waals surface area contributed by atoms with Gasteiger partial charge in [0, 0.05) is 6.54 Å². The Morgan fingerprint density at radius 1 is 1.47 bits per heavy atom. The Kier molecular flexibility index (Phi) is 4.68. The maximum atomic E-state index is 13.0.